The lowest BCUT2D eigenvalue weighted by atomic mass is 9.86. The van der Waals surface area contributed by atoms with Crippen molar-refractivity contribution in [1.82, 2.24) is 10.3 Å². The van der Waals surface area contributed by atoms with Crippen molar-refractivity contribution >= 4 is 28.7 Å². The summed E-state index contributed by atoms with van der Waals surface area (Å²) in [5, 5.41) is 22.4. The monoisotopic (exact) mass is 526 g/mol. The molecule has 0 aliphatic heterocycles. The number of carboxylic acids is 1. The van der Waals surface area contributed by atoms with E-state index in [0.29, 0.717) is 16.5 Å². The first-order valence-corrected chi connectivity index (χ1v) is 12.4. The molecule has 1 aromatic heterocycles. The van der Waals surface area contributed by atoms with Crippen molar-refractivity contribution < 1.29 is 29.3 Å². The second-order valence-corrected chi connectivity index (χ2v) is 10.3. The van der Waals surface area contributed by atoms with E-state index >= 15 is 0 Å². The Labute approximate surface area is 226 Å². The molecule has 0 spiro atoms. The summed E-state index contributed by atoms with van der Waals surface area (Å²) < 4.78 is 4.84. The van der Waals surface area contributed by atoms with E-state index < -0.39 is 23.9 Å². The quantitative estimate of drug-likeness (QED) is 0.286. The van der Waals surface area contributed by atoms with E-state index in [4.69, 9.17) is 4.74 Å². The lowest BCUT2D eigenvalue weighted by molar-refractivity contribution is -0.142. The van der Waals surface area contributed by atoms with E-state index in [9.17, 15) is 24.6 Å². The fraction of sp³-hybridized carbons (Fsp3) is 0.226. The van der Waals surface area contributed by atoms with E-state index in [2.05, 4.69) is 43.2 Å². The molecule has 0 radical (unpaired) electrons. The van der Waals surface area contributed by atoms with Gasteiger partial charge in [-0.15, -0.1) is 0 Å². The van der Waals surface area contributed by atoms with Gasteiger partial charge in [0, 0.05) is 11.8 Å². The molecule has 0 bridgehead atoms. The van der Waals surface area contributed by atoms with Crippen LogP contribution in [0.15, 0.2) is 72.8 Å². The minimum atomic E-state index is -1.20. The van der Waals surface area contributed by atoms with Crippen molar-refractivity contribution in [3.05, 3.63) is 95.2 Å². The number of pyridine rings is 1. The fourth-order valence-corrected chi connectivity index (χ4v) is 4.30. The number of aromatic carboxylic acids is 1. The number of hydrogen-bond donors (Lipinski definition) is 3. The number of hydrogen-bond acceptors (Lipinski definition) is 6. The lowest BCUT2D eigenvalue weighted by Gasteiger charge is -2.19. The SMILES string of the molecule is COC(=O)[C@H](Cc1ccc(O)cc1)NC(=O)c1cc(C(=O)O)c2cc(-c3ccc(C(C)(C)C)cc3)ccc2n1. The highest BCUT2D eigenvalue weighted by Crippen LogP contribution is 2.29. The summed E-state index contributed by atoms with van der Waals surface area (Å²) in [7, 11) is 1.21. The van der Waals surface area contributed by atoms with Crippen LogP contribution in [0, 0.1) is 0 Å². The molecule has 0 unspecified atom stereocenters. The van der Waals surface area contributed by atoms with Gasteiger partial charge in [0.15, 0.2) is 0 Å². The Morgan fingerprint density at radius 1 is 0.923 bits per heavy atom. The number of phenolic OH excluding ortho intramolecular Hbond substituents is 1. The van der Waals surface area contributed by atoms with E-state index in [1.54, 1.807) is 24.3 Å². The molecule has 3 aromatic carbocycles. The van der Waals surface area contributed by atoms with Crippen LogP contribution in [0.1, 0.15) is 52.7 Å². The normalized spacial score (nSPS) is 12.1. The Morgan fingerprint density at radius 2 is 1.56 bits per heavy atom. The van der Waals surface area contributed by atoms with E-state index in [1.165, 1.54) is 30.9 Å². The number of methoxy groups -OCH3 is 1. The van der Waals surface area contributed by atoms with Crippen molar-refractivity contribution in [2.24, 2.45) is 0 Å². The largest absolute Gasteiger partial charge is 0.508 e. The smallest absolute Gasteiger partial charge is 0.336 e. The third-order valence-corrected chi connectivity index (χ3v) is 6.52. The molecule has 39 heavy (non-hydrogen) atoms. The van der Waals surface area contributed by atoms with Gasteiger partial charge in [-0.2, -0.15) is 0 Å². The van der Waals surface area contributed by atoms with Gasteiger partial charge in [-0.25, -0.2) is 14.6 Å². The summed E-state index contributed by atoms with van der Waals surface area (Å²) in [6.07, 6.45) is 0.107. The molecule has 8 nitrogen and oxygen atoms in total. The molecule has 1 atom stereocenters. The summed E-state index contributed by atoms with van der Waals surface area (Å²) in [6.45, 7) is 6.41. The molecule has 1 heterocycles. The first-order valence-electron chi connectivity index (χ1n) is 12.4. The van der Waals surface area contributed by atoms with Crippen molar-refractivity contribution in [2.75, 3.05) is 7.11 Å². The maximum Gasteiger partial charge on any atom is 0.336 e. The number of nitrogens with zero attached hydrogens (tertiary/aromatic N) is 1. The van der Waals surface area contributed by atoms with Crippen LogP contribution in [0.3, 0.4) is 0 Å². The zero-order valence-corrected chi connectivity index (χ0v) is 22.2. The highest BCUT2D eigenvalue weighted by Gasteiger charge is 2.25. The Balaban J connectivity index is 1.66. The summed E-state index contributed by atoms with van der Waals surface area (Å²) in [6, 6.07) is 19.7. The number of rotatable bonds is 7. The van der Waals surface area contributed by atoms with Crippen molar-refractivity contribution in [2.45, 2.75) is 38.6 Å². The zero-order valence-electron chi connectivity index (χ0n) is 22.2. The molecular formula is C31H30N2O6. The molecule has 3 N–H and O–H groups in total. The average molecular weight is 527 g/mol. The molecule has 8 heteroatoms. The molecule has 0 aliphatic carbocycles. The summed E-state index contributed by atoms with van der Waals surface area (Å²) in [5.41, 5.74) is 3.75. The third-order valence-electron chi connectivity index (χ3n) is 6.52. The Bertz CT molecular complexity index is 1540. The Morgan fingerprint density at radius 3 is 2.15 bits per heavy atom. The van der Waals surface area contributed by atoms with E-state index in [1.807, 2.05) is 18.2 Å². The lowest BCUT2D eigenvalue weighted by Crippen LogP contribution is -2.43. The minimum absolute atomic E-state index is 0.0101. The van der Waals surface area contributed by atoms with Gasteiger partial charge in [0.2, 0.25) is 0 Å². The molecule has 1 amide bonds. The van der Waals surface area contributed by atoms with Crippen LogP contribution in [-0.4, -0.2) is 46.2 Å². The summed E-state index contributed by atoms with van der Waals surface area (Å²) >= 11 is 0. The molecule has 0 saturated heterocycles. The van der Waals surface area contributed by atoms with Crippen LogP contribution in [0.5, 0.6) is 5.75 Å². The van der Waals surface area contributed by atoms with Crippen LogP contribution in [-0.2, 0) is 21.4 Å². The van der Waals surface area contributed by atoms with Gasteiger partial charge < -0.3 is 20.3 Å². The summed E-state index contributed by atoms with van der Waals surface area (Å²) in [4.78, 5) is 42.1. The highest BCUT2D eigenvalue weighted by molar-refractivity contribution is 6.07. The van der Waals surface area contributed by atoms with Gasteiger partial charge in [-0.1, -0.05) is 63.2 Å². The molecule has 4 rings (SSSR count). The van der Waals surface area contributed by atoms with E-state index in [0.717, 1.165) is 11.1 Å². The molecular weight excluding hydrogens is 496 g/mol. The number of carbonyl (C=O) groups is 3. The topological polar surface area (TPSA) is 126 Å². The van der Waals surface area contributed by atoms with Crippen LogP contribution in [0.25, 0.3) is 22.0 Å². The van der Waals surface area contributed by atoms with Crippen LogP contribution >= 0.6 is 0 Å². The van der Waals surface area contributed by atoms with Crippen molar-refractivity contribution in [1.29, 1.82) is 0 Å². The van der Waals surface area contributed by atoms with Crippen molar-refractivity contribution in [3.63, 3.8) is 0 Å². The number of carboxylic acid groups (broad SMARTS) is 1. The summed E-state index contributed by atoms with van der Waals surface area (Å²) in [5.74, 6) is -2.51. The zero-order chi connectivity index (χ0) is 28.3. The number of benzene rings is 3. The number of phenols is 1. The molecule has 4 aromatic rings. The van der Waals surface area contributed by atoms with Gasteiger partial charge in [-0.05, 0) is 58.0 Å². The van der Waals surface area contributed by atoms with Gasteiger partial charge in [-0.3, -0.25) is 4.79 Å². The maximum atomic E-state index is 13.1. The van der Waals surface area contributed by atoms with Crippen LogP contribution in [0.4, 0.5) is 0 Å². The highest BCUT2D eigenvalue weighted by atomic mass is 16.5. The van der Waals surface area contributed by atoms with Gasteiger partial charge >= 0.3 is 11.9 Å². The van der Waals surface area contributed by atoms with Crippen molar-refractivity contribution in [3.8, 4) is 16.9 Å². The Hall–Kier alpha value is -4.72. The first kappa shape index (κ1) is 27.3. The number of aromatic hydroxyl groups is 1. The third kappa shape index (κ3) is 6.23. The predicted octanol–water partition coefficient (Wildman–Crippen LogP) is 5.12. The molecule has 0 aliphatic rings. The average Bonchev–Trinajstić information content (AvgIpc) is 2.91. The number of esters is 1. The predicted molar refractivity (Wildman–Crippen MR) is 148 cm³/mol. The fourth-order valence-electron chi connectivity index (χ4n) is 4.30. The number of nitrogens with one attached hydrogen (secondary N) is 1. The van der Waals surface area contributed by atoms with Crippen LogP contribution in [0.2, 0.25) is 0 Å². The first-order chi connectivity index (χ1) is 18.5. The number of amides is 1. The standard InChI is InChI=1S/C31H30N2O6/c1-31(2,3)21-10-7-19(8-11-21)20-9-14-25-23(16-20)24(29(36)37)17-26(32-25)28(35)33-27(30(38)39-4)15-18-5-12-22(34)13-6-18/h5-14,16-17,27,34H,15H2,1-4H3,(H,33,35)(H,36,37)/t27-/m0/s1. The number of ether oxygens (including phenoxy) is 1. The van der Waals surface area contributed by atoms with Gasteiger partial charge in [0.1, 0.15) is 17.5 Å². The minimum Gasteiger partial charge on any atom is -0.508 e. The number of carbonyl (C=O) groups excluding carboxylic acids is 2. The number of aromatic nitrogens is 1. The molecule has 0 fully saturated rings. The Kier molecular flexibility index (Phi) is 7.67. The second kappa shape index (κ2) is 10.9. The van der Waals surface area contributed by atoms with Crippen LogP contribution < -0.4 is 5.32 Å². The maximum absolute atomic E-state index is 13.1. The van der Waals surface area contributed by atoms with Gasteiger partial charge in [0.05, 0.1) is 18.2 Å². The van der Waals surface area contributed by atoms with E-state index in [-0.39, 0.29) is 28.8 Å². The van der Waals surface area contributed by atoms with Gasteiger partial charge in [0.25, 0.3) is 5.91 Å². The molecule has 0 saturated carbocycles. The molecule has 200 valence electrons. The second-order valence-electron chi connectivity index (χ2n) is 10.3. The number of fused-ring (bicyclic) bond motifs is 1.